The SMILES string of the molecule is COc1ccc(OC)c(CCC(=O)N2CCCC2c2ccc(F)cc2)c1. The molecule has 2 aromatic rings. The topological polar surface area (TPSA) is 38.8 Å². The molecule has 1 atom stereocenters. The van der Waals surface area contributed by atoms with Gasteiger partial charge in [-0.2, -0.15) is 0 Å². The third-order valence-electron chi connectivity index (χ3n) is 4.92. The van der Waals surface area contributed by atoms with Crippen LogP contribution in [0, 0.1) is 5.82 Å². The van der Waals surface area contributed by atoms with Crippen LogP contribution in [0.15, 0.2) is 42.5 Å². The van der Waals surface area contributed by atoms with Gasteiger partial charge in [0.1, 0.15) is 17.3 Å². The van der Waals surface area contributed by atoms with E-state index in [-0.39, 0.29) is 17.8 Å². The number of hydrogen-bond donors (Lipinski definition) is 0. The van der Waals surface area contributed by atoms with Crippen LogP contribution in [-0.2, 0) is 11.2 Å². The number of carbonyl (C=O) groups is 1. The summed E-state index contributed by atoms with van der Waals surface area (Å²) in [4.78, 5) is 14.7. The van der Waals surface area contributed by atoms with Gasteiger partial charge in [0.05, 0.1) is 20.3 Å². The van der Waals surface area contributed by atoms with Crippen LogP contribution < -0.4 is 9.47 Å². The normalized spacial score (nSPS) is 16.6. The van der Waals surface area contributed by atoms with Crippen LogP contribution in [0.4, 0.5) is 4.39 Å². The Morgan fingerprint density at radius 3 is 2.62 bits per heavy atom. The number of hydrogen-bond acceptors (Lipinski definition) is 3. The quantitative estimate of drug-likeness (QED) is 0.780. The van der Waals surface area contributed by atoms with Gasteiger partial charge in [0.2, 0.25) is 5.91 Å². The smallest absolute Gasteiger partial charge is 0.223 e. The number of amides is 1. The maximum absolute atomic E-state index is 13.2. The lowest BCUT2D eigenvalue weighted by Gasteiger charge is -2.25. The van der Waals surface area contributed by atoms with E-state index in [2.05, 4.69) is 0 Å². The van der Waals surface area contributed by atoms with Gasteiger partial charge in [-0.1, -0.05) is 12.1 Å². The van der Waals surface area contributed by atoms with E-state index in [1.54, 1.807) is 26.4 Å². The molecule has 1 saturated heterocycles. The van der Waals surface area contributed by atoms with Gasteiger partial charge in [-0.3, -0.25) is 4.79 Å². The molecule has 2 aromatic carbocycles. The summed E-state index contributed by atoms with van der Waals surface area (Å²) >= 11 is 0. The maximum atomic E-state index is 13.2. The molecule has 0 radical (unpaired) electrons. The van der Waals surface area contributed by atoms with Crippen molar-refractivity contribution in [2.24, 2.45) is 0 Å². The molecule has 3 rings (SSSR count). The molecule has 0 aliphatic carbocycles. The first-order valence-corrected chi connectivity index (χ1v) is 8.88. The first-order chi connectivity index (χ1) is 12.6. The summed E-state index contributed by atoms with van der Waals surface area (Å²) in [7, 11) is 3.24. The first kappa shape index (κ1) is 18.2. The molecular formula is C21H24FNO3. The van der Waals surface area contributed by atoms with Crippen molar-refractivity contribution < 1.29 is 18.7 Å². The molecule has 138 valence electrons. The van der Waals surface area contributed by atoms with Crippen molar-refractivity contribution in [3.8, 4) is 11.5 Å². The largest absolute Gasteiger partial charge is 0.497 e. The summed E-state index contributed by atoms with van der Waals surface area (Å²) in [5, 5.41) is 0. The zero-order valence-corrected chi connectivity index (χ0v) is 15.2. The average molecular weight is 357 g/mol. The number of halogens is 1. The van der Waals surface area contributed by atoms with Gasteiger partial charge in [-0.05, 0) is 60.7 Å². The minimum atomic E-state index is -0.255. The molecule has 0 saturated carbocycles. The van der Waals surface area contributed by atoms with Gasteiger partial charge in [-0.25, -0.2) is 4.39 Å². The molecule has 1 fully saturated rings. The molecule has 1 heterocycles. The highest BCUT2D eigenvalue weighted by Crippen LogP contribution is 2.33. The van der Waals surface area contributed by atoms with Gasteiger partial charge in [-0.15, -0.1) is 0 Å². The van der Waals surface area contributed by atoms with E-state index in [0.29, 0.717) is 12.8 Å². The highest BCUT2D eigenvalue weighted by molar-refractivity contribution is 5.77. The van der Waals surface area contributed by atoms with Gasteiger partial charge in [0, 0.05) is 13.0 Å². The maximum Gasteiger partial charge on any atom is 0.223 e. The predicted molar refractivity (Wildman–Crippen MR) is 98.0 cm³/mol. The van der Waals surface area contributed by atoms with Crippen molar-refractivity contribution in [2.45, 2.75) is 31.7 Å². The summed E-state index contributed by atoms with van der Waals surface area (Å²) in [6.45, 7) is 0.746. The summed E-state index contributed by atoms with van der Waals surface area (Å²) in [6, 6.07) is 12.1. The number of nitrogens with zero attached hydrogens (tertiary/aromatic N) is 1. The molecule has 1 unspecified atom stereocenters. The van der Waals surface area contributed by atoms with E-state index in [4.69, 9.17) is 9.47 Å². The van der Waals surface area contributed by atoms with Crippen LogP contribution in [0.3, 0.4) is 0 Å². The van der Waals surface area contributed by atoms with Crippen LogP contribution in [-0.4, -0.2) is 31.6 Å². The number of aryl methyl sites for hydroxylation is 1. The van der Waals surface area contributed by atoms with E-state index in [0.717, 1.165) is 42.0 Å². The summed E-state index contributed by atoms with van der Waals surface area (Å²) in [5.41, 5.74) is 1.95. The predicted octanol–water partition coefficient (Wildman–Crippen LogP) is 4.14. The van der Waals surface area contributed by atoms with Gasteiger partial charge in [0.15, 0.2) is 0 Å². The fourth-order valence-electron chi connectivity index (χ4n) is 3.56. The van der Waals surface area contributed by atoms with Crippen molar-refractivity contribution in [3.63, 3.8) is 0 Å². The third-order valence-corrected chi connectivity index (χ3v) is 4.92. The molecule has 0 N–H and O–H groups in total. The number of benzene rings is 2. The summed E-state index contributed by atoms with van der Waals surface area (Å²) in [5.74, 6) is 1.37. The summed E-state index contributed by atoms with van der Waals surface area (Å²) in [6.07, 6.45) is 2.88. The molecule has 0 spiro atoms. The minimum Gasteiger partial charge on any atom is -0.497 e. The molecule has 1 aliphatic heterocycles. The lowest BCUT2D eigenvalue weighted by molar-refractivity contribution is -0.132. The second-order valence-electron chi connectivity index (χ2n) is 6.47. The minimum absolute atomic E-state index is 0.0373. The Balaban J connectivity index is 1.68. The van der Waals surface area contributed by atoms with E-state index in [1.165, 1.54) is 12.1 Å². The van der Waals surface area contributed by atoms with Crippen LogP contribution >= 0.6 is 0 Å². The second kappa shape index (κ2) is 8.21. The first-order valence-electron chi connectivity index (χ1n) is 8.88. The fourth-order valence-corrected chi connectivity index (χ4v) is 3.56. The summed E-state index contributed by atoms with van der Waals surface area (Å²) < 4.78 is 23.8. The highest BCUT2D eigenvalue weighted by Gasteiger charge is 2.29. The molecule has 1 amide bonds. The molecular weight excluding hydrogens is 333 g/mol. The molecule has 4 nitrogen and oxygen atoms in total. The van der Waals surface area contributed by atoms with Gasteiger partial charge < -0.3 is 14.4 Å². The monoisotopic (exact) mass is 357 g/mol. The second-order valence-corrected chi connectivity index (χ2v) is 6.47. The van der Waals surface area contributed by atoms with Crippen LogP contribution in [0.5, 0.6) is 11.5 Å². The lowest BCUT2D eigenvalue weighted by atomic mass is 10.0. The van der Waals surface area contributed by atoms with Crippen LogP contribution in [0.2, 0.25) is 0 Å². The van der Waals surface area contributed by atoms with Crippen molar-refractivity contribution in [3.05, 3.63) is 59.4 Å². The van der Waals surface area contributed by atoms with E-state index >= 15 is 0 Å². The average Bonchev–Trinajstić information content (AvgIpc) is 3.16. The Hall–Kier alpha value is -2.56. The molecule has 26 heavy (non-hydrogen) atoms. The van der Waals surface area contributed by atoms with Crippen LogP contribution in [0.25, 0.3) is 0 Å². The van der Waals surface area contributed by atoms with Gasteiger partial charge >= 0.3 is 0 Å². The third kappa shape index (κ3) is 3.98. The van der Waals surface area contributed by atoms with E-state index in [9.17, 15) is 9.18 Å². The van der Waals surface area contributed by atoms with Crippen molar-refractivity contribution in [2.75, 3.05) is 20.8 Å². The molecule has 0 aromatic heterocycles. The Morgan fingerprint density at radius 1 is 1.15 bits per heavy atom. The zero-order valence-electron chi connectivity index (χ0n) is 15.2. The molecule has 1 aliphatic rings. The Bertz CT molecular complexity index is 760. The number of ether oxygens (including phenoxy) is 2. The van der Waals surface area contributed by atoms with Gasteiger partial charge in [0.25, 0.3) is 0 Å². The zero-order chi connectivity index (χ0) is 18.5. The van der Waals surface area contributed by atoms with E-state index in [1.807, 2.05) is 23.1 Å². The number of rotatable bonds is 6. The lowest BCUT2D eigenvalue weighted by Crippen LogP contribution is -2.30. The van der Waals surface area contributed by atoms with Crippen molar-refractivity contribution in [1.29, 1.82) is 0 Å². The number of likely N-dealkylation sites (tertiary alicyclic amines) is 1. The number of carbonyl (C=O) groups excluding carboxylic acids is 1. The molecule has 5 heteroatoms. The van der Waals surface area contributed by atoms with Crippen molar-refractivity contribution >= 4 is 5.91 Å². The standard InChI is InChI=1S/C21H24FNO3/c1-25-18-10-11-20(26-2)16(14-18)7-12-21(24)23-13-3-4-19(23)15-5-8-17(22)9-6-15/h5-6,8-11,14,19H,3-4,7,12-13H2,1-2H3. The Labute approximate surface area is 153 Å². The highest BCUT2D eigenvalue weighted by atomic mass is 19.1. The van der Waals surface area contributed by atoms with Crippen LogP contribution in [0.1, 0.15) is 36.4 Å². The van der Waals surface area contributed by atoms with Crippen molar-refractivity contribution in [1.82, 2.24) is 4.90 Å². The fraction of sp³-hybridized carbons (Fsp3) is 0.381. The Kier molecular flexibility index (Phi) is 5.76. The number of methoxy groups -OCH3 is 2. The molecule has 0 bridgehead atoms. The Morgan fingerprint density at radius 2 is 1.92 bits per heavy atom. The van der Waals surface area contributed by atoms with E-state index < -0.39 is 0 Å².